The van der Waals surface area contributed by atoms with Crippen molar-refractivity contribution in [1.29, 1.82) is 5.26 Å². The predicted molar refractivity (Wildman–Crippen MR) is 56.6 cm³/mol. The third-order valence-corrected chi connectivity index (χ3v) is 2.41. The van der Waals surface area contributed by atoms with Crippen molar-refractivity contribution < 1.29 is 0 Å². The molecule has 13 heavy (non-hydrogen) atoms. The molecule has 0 radical (unpaired) electrons. The van der Waals surface area contributed by atoms with Gasteiger partial charge in [0.1, 0.15) is 11.6 Å². The van der Waals surface area contributed by atoms with Crippen LogP contribution in [0.1, 0.15) is 5.56 Å². The van der Waals surface area contributed by atoms with Gasteiger partial charge in [-0.3, -0.25) is 4.79 Å². The molecule has 0 saturated carbocycles. The molecule has 0 bridgehead atoms. The van der Waals surface area contributed by atoms with Crippen molar-refractivity contribution in [2.75, 3.05) is 6.26 Å². The molecule has 0 N–H and O–H groups in total. The molecule has 0 spiro atoms. The second-order valence-electron chi connectivity index (χ2n) is 2.38. The Morgan fingerprint density at radius 3 is 3.00 bits per heavy atom. The number of rotatable bonds is 2. The summed E-state index contributed by atoms with van der Waals surface area (Å²) >= 11 is 4.77. The Kier molecular flexibility index (Phi) is 3.58. The van der Waals surface area contributed by atoms with E-state index in [2.05, 4.69) is 15.9 Å². The van der Waals surface area contributed by atoms with E-state index in [-0.39, 0.29) is 11.1 Å². The van der Waals surface area contributed by atoms with Crippen LogP contribution in [0.2, 0.25) is 0 Å². The first kappa shape index (κ1) is 10.4. The van der Waals surface area contributed by atoms with Crippen LogP contribution >= 0.6 is 27.7 Å². The first-order valence-corrected chi connectivity index (χ1v) is 5.66. The molecular formula is C8H7BrN2OS. The summed E-state index contributed by atoms with van der Waals surface area (Å²) < 4.78 is 2.26. The van der Waals surface area contributed by atoms with Gasteiger partial charge in [0, 0.05) is 10.7 Å². The van der Waals surface area contributed by atoms with E-state index < -0.39 is 0 Å². The lowest BCUT2D eigenvalue weighted by molar-refractivity contribution is 0.832. The molecule has 0 aromatic carbocycles. The van der Waals surface area contributed by atoms with Gasteiger partial charge in [-0.25, -0.2) is 0 Å². The molecule has 3 nitrogen and oxygen atoms in total. The van der Waals surface area contributed by atoms with Crippen molar-refractivity contribution in [2.24, 2.45) is 0 Å². The van der Waals surface area contributed by atoms with Crippen LogP contribution < -0.4 is 5.56 Å². The highest BCUT2D eigenvalue weighted by Crippen LogP contribution is 2.09. The summed E-state index contributed by atoms with van der Waals surface area (Å²) in [5.41, 5.74) is -0.0662. The molecule has 1 rings (SSSR count). The monoisotopic (exact) mass is 258 g/mol. The van der Waals surface area contributed by atoms with Crippen LogP contribution in [0.15, 0.2) is 21.5 Å². The van der Waals surface area contributed by atoms with Crippen molar-refractivity contribution in [3.05, 3.63) is 32.7 Å². The highest BCUT2D eigenvalue weighted by Gasteiger charge is 2.03. The summed E-state index contributed by atoms with van der Waals surface area (Å²) in [6.07, 6.45) is 3.58. The minimum Gasteiger partial charge on any atom is -0.304 e. The van der Waals surface area contributed by atoms with Gasteiger partial charge in [-0.05, 0) is 28.3 Å². The van der Waals surface area contributed by atoms with Crippen LogP contribution in [0.5, 0.6) is 0 Å². The third kappa shape index (κ3) is 2.36. The number of pyridine rings is 1. The van der Waals surface area contributed by atoms with Crippen molar-refractivity contribution >= 4 is 27.7 Å². The maximum Gasteiger partial charge on any atom is 0.269 e. The van der Waals surface area contributed by atoms with E-state index in [9.17, 15) is 4.79 Å². The van der Waals surface area contributed by atoms with Crippen molar-refractivity contribution in [3.63, 3.8) is 0 Å². The molecule has 0 aliphatic heterocycles. The molecule has 0 unspecified atom stereocenters. The lowest BCUT2D eigenvalue weighted by atomic mass is 10.3. The predicted octanol–water partition coefficient (Wildman–Crippen LogP) is 1.80. The van der Waals surface area contributed by atoms with Gasteiger partial charge in [0.2, 0.25) is 0 Å². The zero-order valence-electron chi connectivity index (χ0n) is 6.95. The van der Waals surface area contributed by atoms with Gasteiger partial charge in [0.15, 0.2) is 0 Å². The van der Waals surface area contributed by atoms with Gasteiger partial charge >= 0.3 is 0 Å². The molecule has 1 heterocycles. The largest absolute Gasteiger partial charge is 0.304 e. The second kappa shape index (κ2) is 4.49. The van der Waals surface area contributed by atoms with Crippen molar-refractivity contribution in [2.45, 2.75) is 5.88 Å². The number of hydrogen-bond donors (Lipinski definition) is 0. The normalized spacial score (nSPS) is 9.62. The van der Waals surface area contributed by atoms with Crippen LogP contribution in [0.25, 0.3) is 0 Å². The van der Waals surface area contributed by atoms with E-state index in [1.165, 1.54) is 22.4 Å². The highest BCUT2D eigenvalue weighted by atomic mass is 79.9. The zero-order chi connectivity index (χ0) is 9.84. The van der Waals surface area contributed by atoms with Crippen LogP contribution in [0.4, 0.5) is 0 Å². The minimum atomic E-state index is -0.236. The topological polar surface area (TPSA) is 45.8 Å². The number of thioether (sulfide) groups is 1. The molecular weight excluding hydrogens is 252 g/mol. The van der Waals surface area contributed by atoms with Crippen LogP contribution in [-0.4, -0.2) is 10.8 Å². The molecule has 0 aliphatic carbocycles. The van der Waals surface area contributed by atoms with Crippen LogP contribution in [-0.2, 0) is 5.88 Å². The summed E-state index contributed by atoms with van der Waals surface area (Å²) in [4.78, 5) is 11.4. The highest BCUT2D eigenvalue weighted by molar-refractivity contribution is 9.10. The summed E-state index contributed by atoms with van der Waals surface area (Å²) in [6, 6.07) is 3.39. The smallest absolute Gasteiger partial charge is 0.269 e. The Labute approximate surface area is 88.5 Å². The number of hydrogen-bond acceptors (Lipinski definition) is 3. The summed E-state index contributed by atoms with van der Waals surface area (Å²) in [7, 11) is 0. The Hall–Kier alpha value is -0.730. The second-order valence-corrected chi connectivity index (χ2v) is 4.13. The fourth-order valence-electron chi connectivity index (χ4n) is 0.914. The zero-order valence-corrected chi connectivity index (χ0v) is 9.35. The van der Waals surface area contributed by atoms with Gasteiger partial charge in [-0.2, -0.15) is 5.26 Å². The molecule has 5 heteroatoms. The molecule has 0 aliphatic rings. The molecule has 1 aromatic rings. The van der Waals surface area contributed by atoms with E-state index in [1.807, 2.05) is 12.3 Å². The summed E-state index contributed by atoms with van der Waals surface area (Å²) in [6.45, 7) is 0. The number of nitrogens with zero attached hydrogens (tertiary/aromatic N) is 2. The molecule has 0 saturated heterocycles. The van der Waals surface area contributed by atoms with Crippen LogP contribution in [0.3, 0.4) is 0 Å². The van der Waals surface area contributed by atoms with E-state index in [1.54, 1.807) is 6.20 Å². The van der Waals surface area contributed by atoms with Crippen molar-refractivity contribution in [1.82, 2.24) is 4.57 Å². The average Bonchev–Trinajstić information content (AvgIpc) is 2.11. The van der Waals surface area contributed by atoms with Gasteiger partial charge in [-0.15, -0.1) is 11.8 Å². The Balaban J connectivity index is 3.30. The van der Waals surface area contributed by atoms with E-state index in [4.69, 9.17) is 5.26 Å². The molecule has 0 fully saturated rings. The maximum absolute atomic E-state index is 11.4. The van der Waals surface area contributed by atoms with Gasteiger partial charge < -0.3 is 4.57 Å². The molecule has 0 atom stereocenters. The lowest BCUT2D eigenvalue weighted by Crippen LogP contribution is -2.20. The van der Waals surface area contributed by atoms with Gasteiger partial charge in [0.05, 0.1) is 5.88 Å². The summed E-state index contributed by atoms with van der Waals surface area (Å²) in [5, 5.41) is 8.64. The fraction of sp³-hybridized carbons (Fsp3) is 0.250. The molecule has 68 valence electrons. The van der Waals surface area contributed by atoms with E-state index in [0.29, 0.717) is 5.88 Å². The Morgan fingerprint density at radius 1 is 1.77 bits per heavy atom. The standard InChI is InChI=1S/C8H7BrN2OS/c1-13-5-11-4-7(9)2-6(3-10)8(11)12/h2,4H,5H2,1H3. The first-order chi connectivity index (χ1) is 6.19. The number of nitriles is 1. The van der Waals surface area contributed by atoms with Gasteiger partial charge in [-0.1, -0.05) is 0 Å². The van der Waals surface area contributed by atoms with Crippen molar-refractivity contribution in [3.8, 4) is 6.07 Å². The Bertz CT molecular complexity index is 408. The van der Waals surface area contributed by atoms with Gasteiger partial charge in [0.25, 0.3) is 5.56 Å². The summed E-state index contributed by atoms with van der Waals surface area (Å²) in [5.74, 6) is 0.562. The number of halogens is 1. The Morgan fingerprint density at radius 2 is 2.46 bits per heavy atom. The first-order valence-electron chi connectivity index (χ1n) is 3.48. The quantitative estimate of drug-likeness (QED) is 0.813. The van der Waals surface area contributed by atoms with E-state index in [0.717, 1.165) is 4.47 Å². The molecule has 0 amide bonds. The SMILES string of the molecule is CSCn1cc(Br)cc(C#N)c1=O. The maximum atomic E-state index is 11.4. The minimum absolute atomic E-state index is 0.170. The van der Waals surface area contributed by atoms with E-state index >= 15 is 0 Å². The lowest BCUT2D eigenvalue weighted by Gasteiger charge is -2.03. The molecule has 1 aromatic heterocycles. The third-order valence-electron chi connectivity index (χ3n) is 1.44. The average molecular weight is 259 g/mol. The fourth-order valence-corrected chi connectivity index (χ4v) is 1.86. The van der Waals surface area contributed by atoms with Crippen LogP contribution in [0, 0.1) is 11.3 Å². The number of aromatic nitrogens is 1.